The van der Waals surface area contributed by atoms with E-state index in [0.29, 0.717) is 12.1 Å². The van der Waals surface area contributed by atoms with Crippen molar-refractivity contribution in [2.75, 3.05) is 6.61 Å². The highest BCUT2D eigenvalue weighted by Gasteiger charge is 2.06. The lowest BCUT2D eigenvalue weighted by atomic mass is 10.1. The minimum Gasteiger partial charge on any atom is -0.384 e. The summed E-state index contributed by atoms with van der Waals surface area (Å²) in [5.41, 5.74) is 1.73. The van der Waals surface area contributed by atoms with Crippen molar-refractivity contribution in [2.24, 2.45) is 0 Å². The van der Waals surface area contributed by atoms with Gasteiger partial charge >= 0.3 is 0 Å². The average Bonchev–Trinajstić information content (AvgIpc) is 2.90. The molecule has 1 amide bonds. The summed E-state index contributed by atoms with van der Waals surface area (Å²) in [5, 5.41) is 11.5. The van der Waals surface area contributed by atoms with Crippen LogP contribution in [0.1, 0.15) is 25.7 Å². The molecule has 2 N–H and O–H groups in total. The highest BCUT2D eigenvalue weighted by Crippen LogP contribution is 2.15. The first-order valence-corrected chi connectivity index (χ1v) is 7.04. The van der Waals surface area contributed by atoms with E-state index < -0.39 is 0 Å². The van der Waals surface area contributed by atoms with E-state index in [2.05, 4.69) is 17.2 Å². The largest absolute Gasteiger partial charge is 0.384 e. The van der Waals surface area contributed by atoms with Gasteiger partial charge in [-0.25, -0.2) is 0 Å². The number of rotatable bonds is 3. The van der Waals surface area contributed by atoms with Crippen LogP contribution >= 0.6 is 11.3 Å². The minimum atomic E-state index is -0.142. The van der Waals surface area contributed by atoms with Gasteiger partial charge in [-0.2, -0.15) is 0 Å². The van der Waals surface area contributed by atoms with Gasteiger partial charge in [0, 0.05) is 10.4 Å². The van der Waals surface area contributed by atoms with Crippen molar-refractivity contribution in [1.82, 2.24) is 5.32 Å². The van der Waals surface area contributed by atoms with Gasteiger partial charge in [-0.3, -0.25) is 4.79 Å². The zero-order chi connectivity index (χ0) is 14.4. The first-order valence-electron chi connectivity index (χ1n) is 6.22. The fourth-order valence-electron chi connectivity index (χ4n) is 1.72. The molecule has 2 rings (SSSR count). The minimum absolute atomic E-state index is 0.0786. The van der Waals surface area contributed by atoms with Gasteiger partial charge in [-0.05, 0) is 31.2 Å². The molecule has 0 atom stereocenters. The summed E-state index contributed by atoms with van der Waals surface area (Å²) in [7, 11) is 0. The first kappa shape index (κ1) is 14.3. The summed E-state index contributed by atoms with van der Waals surface area (Å²) in [4.78, 5) is 13.9. The number of nitrogens with one attached hydrogen (secondary N) is 1. The summed E-state index contributed by atoms with van der Waals surface area (Å²) in [6, 6.07) is 11.3. The maximum Gasteiger partial charge on any atom is 0.251 e. The molecule has 102 valence electrons. The molecule has 1 heterocycles. The van der Waals surface area contributed by atoms with Crippen molar-refractivity contribution in [3.8, 4) is 11.8 Å². The van der Waals surface area contributed by atoms with E-state index in [0.717, 1.165) is 15.3 Å². The normalized spacial score (nSPS) is 9.70. The molecular formula is C16H15NO2S. The molecule has 20 heavy (non-hydrogen) atoms. The topological polar surface area (TPSA) is 49.3 Å². The van der Waals surface area contributed by atoms with Gasteiger partial charge in [0.25, 0.3) is 5.91 Å². The second kappa shape index (κ2) is 6.90. The van der Waals surface area contributed by atoms with Gasteiger partial charge in [0.1, 0.15) is 6.61 Å². The SMILES string of the molecule is Cc1cccc(C(=O)NCc2ccc(C#CCO)s2)c1. The molecule has 1 aromatic carbocycles. The molecule has 0 saturated carbocycles. The smallest absolute Gasteiger partial charge is 0.251 e. The van der Waals surface area contributed by atoms with Crippen molar-refractivity contribution < 1.29 is 9.90 Å². The molecule has 0 fully saturated rings. The zero-order valence-electron chi connectivity index (χ0n) is 11.1. The van der Waals surface area contributed by atoms with Crippen molar-refractivity contribution in [3.05, 3.63) is 57.3 Å². The van der Waals surface area contributed by atoms with Gasteiger partial charge in [0.15, 0.2) is 0 Å². The zero-order valence-corrected chi connectivity index (χ0v) is 12.0. The molecule has 1 aromatic heterocycles. The third-order valence-corrected chi connectivity index (χ3v) is 3.66. The highest BCUT2D eigenvalue weighted by molar-refractivity contribution is 7.12. The molecular weight excluding hydrogens is 270 g/mol. The molecule has 3 nitrogen and oxygen atoms in total. The Morgan fingerprint density at radius 2 is 2.20 bits per heavy atom. The van der Waals surface area contributed by atoms with Gasteiger partial charge in [-0.1, -0.05) is 29.5 Å². The van der Waals surface area contributed by atoms with Crippen LogP contribution < -0.4 is 5.32 Å². The molecule has 0 spiro atoms. The molecule has 4 heteroatoms. The van der Waals surface area contributed by atoms with Crippen LogP contribution in [0.5, 0.6) is 0 Å². The number of carbonyl (C=O) groups is 1. The van der Waals surface area contributed by atoms with Crippen LogP contribution in [0.15, 0.2) is 36.4 Å². The van der Waals surface area contributed by atoms with E-state index >= 15 is 0 Å². The molecule has 0 aliphatic rings. The Morgan fingerprint density at radius 3 is 2.95 bits per heavy atom. The Morgan fingerprint density at radius 1 is 1.35 bits per heavy atom. The second-order valence-electron chi connectivity index (χ2n) is 4.28. The van der Waals surface area contributed by atoms with Crippen LogP contribution in [0, 0.1) is 18.8 Å². The summed E-state index contributed by atoms with van der Waals surface area (Å²) >= 11 is 1.51. The average molecular weight is 285 g/mol. The van der Waals surface area contributed by atoms with Crippen LogP contribution in [-0.2, 0) is 6.54 Å². The molecule has 0 saturated heterocycles. The van der Waals surface area contributed by atoms with E-state index in [-0.39, 0.29) is 12.5 Å². The summed E-state index contributed by atoms with van der Waals surface area (Å²) in [6.45, 7) is 2.30. The molecule has 0 aliphatic carbocycles. The molecule has 0 unspecified atom stereocenters. The number of hydrogen-bond acceptors (Lipinski definition) is 3. The van der Waals surface area contributed by atoms with Crippen molar-refractivity contribution >= 4 is 17.2 Å². The van der Waals surface area contributed by atoms with Gasteiger partial charge in [-0.15, -0.1) is 11.3 Å². The lowest BCUT2D eigenvalue weighted by Crippen LogP contribution is -2.22. The number of aliphatic hydroxyl groups excluding tert-OH is 1. The quantitative estimate of drug-likeness (QED) is 0.850. The Balaban J connectivity index is 1.95. The number of hydrogen-bond donors (Lipinski definition) is 2. The second-order valence-corrected chi connectivity index (χ2v) is 5.45. The van der Waals surface area contributed by atoms with Crippen LogP contribution in [0.25, 0.3) is 0 Å². The number of carbonyl (C=O) groups excluding carboxylic acids is 1. The van der Waals surface area contributed by atoms with E-state index in [1.54, 1.807) is 6.07 Å². The Labute approximate surface area is 122 Å². The van der Waals surface area contributed by atoms with Crippen molar-refractivity contribution in [2.45, 2.75) is 13.5 Å². The summed E-state index contributed by atoms with van der Waals surface area (Å²) < 4.78 is 0. The fraction of sp³-hybridized carbons (Fsp3) is 0.188. The lowest BCUT2D eigenvalue weighted by Gasteiger charge is -2.04. The maximum atomic E-state index is 12.0. The highest BCUT2D eigenvalue weighted by atomic mass is 32.1. The fourth-order valence-corrected chi connectivity index (χ4v) is 2.54. The summed E-state index contributed by atoms with van der Waals surface area (Å²) in [5.74, 6) is 5.37. The van der Waals surface area contributed by atoms with E-state index in [1.807, 2.05) is 37.3 Å². The monoisotopic (exact) mass is 285 g/mol. The third-order valence-electron chi connectivity index (χ3n) is 2.66. The van der Waals surface area contributed by atoms with Crippen LogP contribution in [0.2, 0.25) is 0 Å². The number of aryl methyl sites for hydroxylation is 1. The predicted octanol–water partition coefficient (Wildman–Crippen LogP) is 2.33. The van der Waals surface area contributed by atoms with Crippen molar-refractivity contribution in [1.29, 1.82) is 0 Å². The van der Waals surface area contributed by atoms with E-state index in [4.69, 9.17) is 5.11 Å². The number of aliphatic hydroxyl groups is 1. The number of thiophene rings is 1. The van der Waals surface area contributed by atoms with Crippen LogP contribution in [0.3, 0.4) is 0 Å². The third kappa shape index (κ3) is 3.95. The van der Waals surface area contributed by atoms with Gasteiger partial charge in [0.05, 0.1) is 11.4 Å². The maximum absolute atomic E-state index is 12.0. The molecule has 0 radical (unpaired) electrons. The summed E-state index contributed by atoms with van der Waals surface area (Å²) in [6.07, 6.45) is 0. The predicted molar refractivity (Wildman–Crippen MR) is 80.6 cm³/mol. The first-order chi connectivity index (χ1) is 9.69. The number of benzene rings is 1. The lowest BCUT2D eigenvalue weighted by molar-refractivity contribution is 0.0951. The molecule has 0 aliphatic heterocycles. The van der Waals surface area contributed by atoms with E-state index in [1.165, 1.54) is 11.3 Å². The Bertz CT molecular complexity index is 664. The Hall–Kier alpha value is -2.09. The van der Waals surface area contributed by atoms with Crippen molar-refractivity contribution in [3.63, 3.8) is 0 Å². The van der Waals surface area contributed by atoms with E-state index in [9.17, 15) is 4.79 Å². The molecule has 0 bridgehead atoms. The van der Waals surface area contributed by atoms with Crippen LogP contribution in [0.4, 0.5) is 0 Å². The number of amides is 1. The molecule has 2 aromatic rings. The van der Waals surface area contributed by atoms with Gasteiger partial charge in [0.2, 0.25) is 0 Å². The Kier molecular flexibility index (Phi) is 4.94. The standard InChI is InChI=1S/C16H15NO2S/c1-12-4-2-5-13(10-12)16(19)17-11-15-8-7-14(20-15)6-3-9-18/h2,4-5,7-8,10,18H,9,11H2,1H3,(H,17,19). The van der Waals surface area contributed by atoms with Gasteiger partial charge < -0.3 is 10.4 Å². The van der Waals surface area contributed by atoms with Crippen LogP contribution in [-0.4, -0.2) is 17.6 Å².